The molecule has 1 rings (SSSR count). The van der Waals surface area contributed by atoms with E-state index in [9.17, 15) is 22.8 Å². The molecule has 0 saturated heterocycles. The number of pyridine rings is 1. The third-order valence-corrected chi connectivity index (χ3v) is 2.21. The lowest BCUT2D eigenvalue weighted by Gasteiger charge is -2.13. The molecule has 0 bridgehead atoms. The summed E-state index contributed by atoms with van der Waals surface area (Å²) < 4.78 is 45.0. The zero-order chi connectivity index (χ0) is 15.3. The molecule has 0 aromatic carbocycles. The smallest absolute Gasteiger partial charge is 0.466 e. The summed E-state index contributed by atoms with van der Waals surface area (Å²) in [5.74, 6) is -1.49. The van der Waals surface area contributed by atoms with Gasteiger partial charge in [0, 0.05) is 18.3 Å². The number of carbonyl (C=O) groups is 1. The largest absolute Gasteiger partial charge is 0.574 e. The Hall–Kier alpha value is -2.03. The summed E-state index contributed by atoms with van der Waals surface area (Å²) in [6, 6.07) is 0.988. The number of hydrogen-bond donors (Lipinski definition) is 2. The molecule has 3 N–H and O–H groups in total. The molecular weight excluding hydrogens is 281 g/mol. The minimum Gasteiger partial charge on any atom is -0.466 e. The molecule has 9 heteroatoms. The summed E-state index contributed by atoms with van der Waals surface area (Å²) in [6.45, 7) is 1.27. The number of rotatable bonds is 5. The first kappa shape index (κ1) is 16.0. The highest BCUT2D eigenvalue weighted by molar-refractivity contribution is 5.72. The molecule has 0 aliphatic heterocycles. The van der Waals surface area contributed by atoms with Crippen molar-refractivity contribution in [3.8, 4) is 5.88 Å². The summed E-state index contributed by atoms with van der Waals surface area (Å²) in [6.07, 6.45) is -5.35. The topological polar surface area (TPSA) is 94.4 Å². The van der Waals surface area contributed by atoms with E-state index in [0.29, 0.717) is 0 Å². The lowest BCUT2D eigenvalue weighted by Crippen LogP contribution is -2.24. The fourth-order valence-corrected chi connectivity index (χ4v) is 1.47. The van der Waals surface area contributed by atoms with Crippen LogP contribution in [0.2, 0.25) is 0 Å². The molecule has 0 unspecified atom stereocenters. The van der Waals surface area contributed by atoms with Gasteiger partial charge in [0.15, 0.2) is 5.43 Å². The maximum absolute atomic E-state index is 12.2. The molecule has 1 heterocycles. The highest BCUT2D eigenvalue weighted by Gasteiger charge is 2.33. The SMILES string of the molecule is CCOC(=O)Cc1cc(=O)c(CN)c(OC(F)(F)F)[nH]1. The van der Waals surface area contributed by atoms with Gasteiger partial charge in [0.2, 0.25) is 5.88 Å². The van der Waals surface area contributed by atoms with E-state index in [-0.39, 0.29) is 24.3 Å². The highest BCUT2D eigenvalue weighted by Crippen LogP contribution is 2.22. The van der Waals surface area contributed by atoms with Crippen LogP contribution in [0.3, 0.4) is 0 Å². The van der Waals surface area contributed by atoms with E-state index >= 15 is 0 Å². The van der Waals surface area contributed by atoms with Gasteiger partial charge in [0.1, 0.15) is 0 Å². The quantitative estimate of drug-likeness (QED) is 0.785. The minimum absolute atomic E-state index is 0.0510. The lowest BCUT2D eigenvalue weighted by atomic mass is 10.2. The van der Waals surface area contributed by atoms with Gasteiger partial charge in [-0.15, -0.1) is 13.2 Å². The van der Waals surface area contributed by atoms with Crippen molar-refractivity contribution in [2.45, 2.75) is 26.3 Å². The Kier molecular flexibility index (Phi) is 5.14. The van der Waals surface area contributed by atoms with Crippen molar-refractivity contribution in [2.24, 2.45) is 5.73 Å². The lowest BCUT2D eigenvalue weighted by molar-refractivity contribution is -0.276. The van der Waals surface area contributed by atoms with Crippen LogP contribution in [-0.4, -0.2) is 23.9 Å². The number of H-pyrrole nitrogens is 1. The van der Waals surface area contributed by atoms with Crippen LogP contribution < -0.4 is 15.9 Å². The third kappa shape index (κ3) is 4.57. The average molecular weight is 294 g/mol. The summed E-state index contributed by atoms with van der Waals surface area (Å²) in [7, 11) is 0. The predicted molar refractivity (Wildman–Crippen MR) is 62.0 cm³/mol. The Bertz CT molecular complexity index is 539. The zero-order valence-corrected chi connectivity index (χ0v) is 10.5. The van der Waals surface area contributed by atoms with E-state index in [2.05, 4.69) is 14.5 Å². The molecule has 112 valence electrons. The Morgan fingerprint density at radius 1 is 1.45 bits per heavy atom. The molecule has 0 fully saturated rings. The Morgan fingerprint density at radius 2 is 2.10 bits per heavy atom. The molecule has 0 radical (unpaired) electrons. The van der Waals surface area contributed by atoms with Gasteiger partial charge in [-0.1, -0.05) is 0 Å². The predicted octanol–water partition coefficient (Wildman–Crippen LogP) is 0.838. The van der Waals surface area contributed by atoms with Gasteiger partial charge in [-0.3, -0.25) is 9.59 Å². The molecule has 0 aliphatic rings. The van der Waals surface area contributed by atoms with Crippen molar-refractivity contribution in [2.75, 3.05) is 6.61 Å². The first-order valence-corrected chi connectivity index (χ1v) is 5.63. The van der Waals surface area contributed by atoms with Crippen LogP contribution in [0.1, 0.15) is 18.2 Å². The second-order valence-electron chi connectivity index (χ2n) is 3.70. The standard InChI is InChI=1S/C11H13F3N2O4/c1-2-19-9(18)4-6-3-8(17)7(5-15)10(16-6)20-11(12,13)14/h3H,2,4-5,15H2,1H3,(H,16,17). The van der Waals surface area contributed by atoms with Gasteiger partial charge >= 0.3 is 12.3 Å². The van der Waals surface area contributed by atoms with E-state index < -0.39 is 30.2 Å². The van der Waals surface area contributed by atoms with E-state index in [1.54, 1.807) is 6.92 Å². The van der Waals surface area contributed by atoms with Gasteiger partial charge in [0.05, 0.1) is 18.6 Å². The van der Waals surface area contributed by atoms with Crippen LogP contribution in [0.5, 0.6) is 5.88 Å². The summed E-state index contributed by atoms with van der Waals surface area (Å²) in [4.78, 5) is 25.1. The van der Waals surface area contributed by atoms with Crippen LogP contribution in [0.15, 0.2) is 10.9 Å². The van der Waals surface area contributed by atoms with Crippen LogP contribution >= 0.6 is 0 Å². The summed E-state index contributed by atoms with van der Waals surface area (Å²) in [5, 5.41) is 0. The summed E-state index contributed by atoms with van der Waals surface area (Å²) >= 11 is 0. The molecule has 1 aromatic rings. The monoisotopic (exact) mass is 294 g/mol. The van der Waals surface area contributed by atoms with E-state index in [1.807, 2.05) is 0 Å². The number of aromatic amines is 1. The third-order valence-electron chi connectivity index (χ3n) is 2.21. The van der Waals surface area contributed by atoms with Gasteiger partial charge in [0.25, 0.3) is 0 Å². The Labute approximate surface area is 111 Å². The highest BCUT2D eigenvalue weighted by atomic mass is 19.4. The number of nitrogens with two attached hydrogens (primary N) is 1. The molecule has 0 saturated carbocycles. The maximum atomic E-state index is 12.2. The molecule has 0 atom stereocenters. The van der Waals surface area contributed by atoms with Gasteiger partial charge in [-0.25, -0.2) is 0 Å². The van der Waals surface area contributed by atoms with Gasteiger partial charge < -0.3 is 20.2 Å². The molecule has 6 nitrogen and oxygen atoms in total. The number of nitrogens with one attached hydrogen (secondary N) is 1. The second kappa shape index (κ2) is 6.42. The summed E-state index contributed by atoms with van der Waals surface area (Å²) in [5.41, 5.74) is 4.06. The molecule has 1 aromatic heterocycles. The van der Waals surface area contributed by atoms with E-state index in [4.69, 9.17) is 5.73 Å². The van der Waals surface area contributed by atoms with E-state index in [0.717, 1.165) is 6.07 Å². The molecular formula is C11H13F3N2O4. The molecule has 0 aliphatic carbocycles. The number of aromatic nitrogens is 1. The van der Waals surface area contributed by atoms with Crippen LogP contribution in [0.4, 0.5) is 13.2 Å². The van der Waals surface area contributed by atoms with E-state index in [1.165, 1.54) is 0 Å². The molecule has 0 spiro atoms. The first-order valence-electron chi connectivity index (χ1n) is 5.63. The number of halogens is 3. The zero-order valence-electron chi connectivity index (χ0n) is 10.5. The van der Waals surface area contributed by atoms with Crippen molar-refractivity contribution in [3.05, 3.63) is 27.5 Å². The maximum Gasteiger partial charge on any atom is 0.574 e. The number of hydrogen-bond acceptors (Lipinski definition) is 5. The minimum atomic E-state index is -4.98. The Balaban J connectivity index is 3.11. The number of alkyl halides is 3. The Morgan fingerprint density at radius 3 is 2.60 bits per heavy atom. The van der Waals surface area contributed by atoms with Crippen molar-refractivity contribution in [3.63, 3.8) is 0 Å². The van der Waals surface area contributed by atoms with Crippen molar-refractivity contribution in [1.29, 1.82) is 0 Å². The first-order chi connectivity index (χ1) is 9.26. The number of esters is 1. The van der Waals surface area contributed by atoms with Crippen LogP contribution in [0, 0.1) is 0 Å². The normalized spacial score (nSPS) is 11.2. The van der Waals surface area contributed by atoms with Crippen molar-refractivity contribution in [1.82, 2.24) is 4.98 Å². The number of ether oxygens (including phenoxy) is 2. The molecule has 0 amide bonds. The van der Waals surface area contributed by atoms with Gasteiger partial charge in [-0.2, -0.15) is 0 Å². The van der Waals surface area contributed by atoms with Crippen molar-refractivity contribution < 1.29 is 27.4 Å². The number of carbonyl (C=O) groups excluding carboxylic acids is 1. The van der Waals surface area contributed by atoms with Crippen LogP contribution in [-0.2, 0) is 22.5 Å². The second-order valence-corrected chi connectivity index (χ2v) is 3.70. The fourth-order valence-electron chi connectivity index (χ4n) is 1.47. The average Bonchev–Trinajstić information content (AvgIpc) is 2.26. The fraction of sp³-hybridized carbons (Fsp3) is 0.455. The van der Waals surface area contributed by atoms with Gasteiger partial charge in [-0.05, 0) is 6.92 Å². The van der Waals surface area contributed by atoms with Crippen molar-refractivity contribution >= 4 is 5.97 Å². The molecule has 20 heavy (non-hydrogen) atoms. The van der Waals surface area contributed by atoms with Crippen LogP contribution in [0.25, 0.3) is 0 Å².